The van der Waals surface area contributed by atoms with E-state index in [4.69, 9.17) is 4.74 Å². The molecule has 0 fully saturated rings. The Kier molecular flexibility index (Phi) is 2.06. The van der Waals surface area contributed by atoms with Crippen LogP contribution in [0.3, 0.4) is 0 Å². The van der Waals surface area contributed by atoms with Crippen LogP contribution in [0.4, 0.5) is 0 Å². The first-order valence-corrected chi connectivity index (χ1v) is 4.54. The van der Waals surface area contributed by atoms with Gasteiger partial charge in [-0.25, -0.2) is 0 Å². The lowest BCUT2D eigenvalue weighted by Crippen LogP contribution is -2.06. The molecule has 0 spiro atoms. The van der Waals surface area contributed by atoms with Gasteiger partial charge >= 0.3 is 0 Å². The van der Waals surface area contributed by atoms with E-state index in [1.165, 1.54) is 11.1 Å². The van der Waals surface area contributed by atoms with E-state index >= 15 is 0 Å². The third-order valence-electron chi connectivity index (χ3n) is 2.52. The molecular weight excluding hydrogens is 174 g/mol. The molecule has 2 rings (SSSR count). The van der Waals surface area contributed by atoms with Gasteiger partial charge in [0, 0.05) is 19.2 Å². The van der Waals surface area contributed by atoms with Crippen LogP contribution in [-0.4, -0.2) is 19.1 Å². The largest absolute Gasteiger partial charge is 0.497 e. The normalized spacial score (nSPS) is 13.9. The fraction of sp³-hybridized carbons (Fsp3) is 0.250. The van der Waals surface area contributed by atoms with Crippen molar-refractivity contribution < 1.29 is 4.74 Å². The van der Waals surface area contributed by atoms with E-state index in [0.29, 0.717) is 0 Å². The topological polar surface area (TPSA) is 12.5 Å². The maximum atomic E-state index is 5.18. The first-order valence-electron chi connectivity index (χ1n) is 4.54. The zero-order chi connectivity index (χ0) is 10.1. The van der Waals surface area contributed by atoms with Crippen LogP contribution in [0, 0.1) is 0 Å². The zero-order valence-corrected chi connectivity index (χ0v) is 8.50. The minimum atomic E-state index is 0.905. The average molecular weight is 187 g/mol. The van der Waals surface area contributed by atoms with Crippen LogP contribution in [0.25, 0.3) is 5.70 Å². The van der Waals surface area contributed by atoms with Crippen LogP contribution in [0.5, 0.6) is 5.75 Å². The van der Waals surface area contributed by atoms with Crippen LogP contribution in [0.15, 0.2) is 30.5 Å². The SMILES string of the molecule is C=C=C1c2ccc(OC)cc2CN1C. The highest BCUT2D eigenvalue weighted by Gasteiger charge is 2.20. The van der Waals surface area contributed by atoms with E-state index in [1.54, 1.807) is 7.11 Å². The molecule has 0 amide bonds. The van der Waals surface area contributed by atoms with E-state index in [-0.39, 0.29) is 0 Å². The van der Waals surface area contributed by atoms with Gasteiger partial charge in [0.15, 0.2) is 0 Å². The van der Waals surface area contributed by atoms with Crippen molar-refractivity contribution >= 4 is 5.70 Å². The smallest absolute Gasteiger partial charge is 0.119 e. The zero-order valence-electron chi connectivity index (χ0n) is 8.50. The van der Waals surface area contributed by atoms with Gasteiger partial charge < -0.3 is 9.64 Å². The fourth-order valence-corrected chi connectivity index (χ4v) is 1.83. The van der Waals surface area contributed by atoms with Gasteiger partial charge in [0.05, 0.1) is 12.8 Å². The van der Waals surface area contributed by atoms with E-state index in [9.17, 15) is 0 Å². The molecule has 0 N–H and O–H groups in total. The Morgan fingerprint density at radius 1 is 1.50 bits per heavy atom. The number of ether oxygens (including phenoxy) is 1. The molecule has 2 heteroatoms. The Morgan fingerprint density at radius 3 is 2.93 bits per heavy atom. The Labute approximate surface area is 84.1 Å². The molecule has 0 aromatic heterocycles. The van der Waals surface area contributed by atoms with Crippen molar-refractivity contribution in [3.05, 3.63) is 41.6 Å². The number of fused-ring (bicyclic) bond motifs is 1. The molecule has 1 aromatic carbocycles. The van der Waals surface area contributed by atoms with Gasteiger partial charge in [0.2, 0.25) is 0 Å². The van der Waals surface area contributed by atoms with Crippen molar-refractivity contribution in [1.82, 2.24) is 4.90 Å². The predicted molar refractivity (Wildman–Crippen MR) is 57.0 cm³/mol. The highest BCUT2D eigenvalue weighted by Crippen LogP contribution is 2.32. The van der Waals surface area contributed by atoms with Gasteiger partial charge in [-0.1, -0.05) is 6.58 Å². The Balaban J connectivity index is 2.53. The highest BCUT2D eigenvalue weighted by atomic mass is 16.5. The molecule has 72 valence electrons. The molecule has 1 aliphatic rings. The van der Waals surface area contributed by atoms with Gasteiger partial charge in [-0.15, -0.1) is 5.73 Å². The van der Waals surface area contributed by atoms with Gasteiger partial charge in [-0.05, 0) is 23.8 Å². The molecule has 0 atom stereocenters. The van der Waals surface area contributed by atoms with Crippen molar-refractivity contribution in [2.75, 3.05) is 14.2 Å². The summed E-state index contributed by atoms with van der Waals surface area (Å²) >= 11 is 0. The highest BCUT2D eigenvalue weighted by molar-refractivity contribution is 5.70. The molecular formula is C12H13NO. The summed E-state index contributed by atoms with van der Waals surface area (Å²) in [7, 11) is 3.73. The molecule has 0 bridgehead atoms. The quantitative estimate of drug-likeness (QED) is 0.625. The number of methoxy groups -OCH3 is 1. The summed E-state index contributed by atoms with van der Waals surface area (Å²) in [5.41, 5.74) is 6.52. The lowest BCUT2D eigenvalue weighted by molar-refractivity contribution is 0.413. The summed E-state index contributed by atoms with van der Waals surface area (Å²) in [4.78, 5) is 2.14. The van der Waals surface area contributed by atoms with Crippen LogP contribution in [-0.2, 0) is 6.54 Å². The molecule has 1 aliphatic heterocycles. The molecule has 2 nitrogen and oxygen atoms in total. The number of hydrogen-bond donors (Lipinski definition) is 0. The third kappa shape index (κ3) is 1.21. The van der Waals surface area contributed by atoms with E-state index in [0.717, 1.165) is 18.0 Å². The third-order valence-corrected chi connectivity index (χ3v) is 2.52. The minimum Gasteiger partial charge on any atom is -0.497 e. The Morgan fingerprint density at radius 2 is 2.29 bits per heavy atom. The van der Waals surface area contributed by atoms with Crippen LogP contribution in [0.2, 0.25) is 0 Å². The summed E-state index contributed by atoms with van der Waals surface area (Å²) in [5, 5.41) is 0. The summed E-state index contributed by atoms with van der Waals surface area (Å²) < 4.78 is 5.18. The number of benzene rings is 1. The maximum absolute atomic E-state index is 5.18. The predicted octanol–water partition coefficient (Wildman–Crippen LogP) is 2.27. The summed E-state index contributed by atoms with van der Waals surface area (Å²) in [5.74, 6) is 0.905. The number of rotatable bonds is 1. The second kappa shape index (κ2) is 3.24. The fourth-order valence-electron chi connectivity index (χ4n) is 1.83. The molecule has 0 unspecified atom stereocenters. The lowest BCUT2D eigenvalue weighted by atomic mass is 10.1. The molecule has 0 radical (unpaired) electrons. The van der Waals surface area contributed by atoms with Crippen molar-refractivity contribution in [3.63, 3.8) is 0 Å². The Hall–Kier alpha value is -1.66. The second-order valence-electron chi connectivity index (χ2n) is 3.40. The Bertz CT molecular complexity index is 416. The van der Waals surface area contributed by atoms with Crippen LogP contribution in [0.1, 0.15) is 11.1 Å². The lowest BCUT2D eigenvalue weighted by Gasteiger charge is -2.09. The molecule has 0 saturated heterocycles. The molecule has 1 aromatic rings. The molecule has 0 aliphatic carbocycles. The monoisotopic (exact) mass is 187 g/mol. The summed E-state index contributed by atoms with van der Waals surface area (Å²) in [6, 6.07) is 6.09. The molecule has 14 heavy (non-hydrogen) atoms. The van der Waals surface area contributed by atoms with Gasteiger partial charge in [0.25, 0.3) is 0 Å². The standard InChI is InChI=1S/C12H13NO/c1-4-12-11-6-5-10(14-3)7-9(11)8-13(12)2/h5-7H,1,8H2,2-3H3. The molecule has 1 heterocycles. The summed E-state index contributed by atoms with van der Waals surface area (Å²) in [6.45, 7) is 4.61. The van der Waals surface area contributed by atoms with Gasteiger partial charge in [-0.2, -0.15) is 0 Å². The van der Waals surface area contributed by atoms with Crippen molar-refractivity contribution in [2.45, 2.75) is 6.54 Å². The van der Waals surface area contributed by atoms with Crippen molar-refractivity contribution in [2.24, 2.45) is 0 Å². The van der Waals surface area contributed by atoms with Gasteiger partial charge in [-0.3, -0.25) is 0 Å². The molecule has 0 saturated carbocycles. The maximum Gasteiger partial charge on any atom is 0.119 e. The van der Waals surface area contributed by atoms with Crippen LogP contribution < -0.4 is 4.74 Å². The van der Waals surface area contributed by atoms with Gasteiger partial charge in [0.1, 0.15) is 5.75 Å². The number of nitrogens with zero attached hydrogens (tertiary/aromatic N) is 1. The first-order chi connectivity index (χ1) is 6.76. The van der Waals surface area contributed by atoms with Crippen LogP contribution >= 0.6 is 0 Å². The van der Waals surface area contributed by atoms with E-state index in [1.807, 2.05) is 13.1 Å². The number of hydrogen-bond acceptors (Lipinski definition) is 2. The van der Waals surface area contributed by atoms with Crippen molar-refractivity contribution in [1.29, 1.82) is 0 Å². The minimum absolute atomic E-state index is 0.905. The average Bonchev–Trinajstić information content (AvgIpc) is 2.51. The first kappa shape index (κ1) is 8.92. The van der Waals surface area contributed by atoms with E-state index in [2.05, 4.69) is 29.3 Å². The van der Waals surface area contributed by atoms with Crippen molar-refractivity contribution in [3.8, 4) is 5.75 Å². The summed E-state index contributed by atoms with van der Waals surface area (Å²) in [6.07, 6.45) is 0. The second-order valence-corrected chi connectivity index (χ2v) is 3.40. The van der Waals surface area contributed by atoms with E-state index < -0.39 is 0 Å².